The first-order chi connectivity index (χ1) is 9.09. The fraction of sp³-hybridized carbons (Fsp3) is 0.417. The summed E-state index contributed by atoms with van der Waals surface area (Å²) in [6.07, 6.45) is 1.05. The van der Waals surface area contributed by atoms with Crippen LogP contribution in [0.25, 0.3) is 0 Å². The van der Waals surface area contributed by atoms with Crippen LogP contribution in [-0.2, 0) is 4.79 Å². The summed E-state index contributed by atoms with van der Waals surface area (Å²) in [7, 11) is 1.33. The average Bonchev–Trinajstić information content (AvgIpc) is 2.36. The molecule has 20 heavy (non-hydrogen) atoms. The lowest BCUT2D eigenvalue weighted by molar-refractivity contribution is -0.385. The van der Waals surface area contributed by atoms with Crippen molar-refractivity contribution in [2.45, 2.75) is 26.3 Å². The lowest BCUT2D eigenvalue weighted by atomic mass is 10.0. The Hall–Kier alpha value is -2.51. The van der Waals surface area contributed by atoms with E-state index in [2.05, 4.69) is 4.98 Å². The maximum Gasteiger partial charge on any atom is 0.329 e. The fourth-order valence-electron chi connectivity index (χ4n) is 1.42. The standard InChI is InChI=1S/C12H15N3O5/c1-7-9(5-8(6-13-7)15(19)20)10(16)14(4)12(2,3)11(17)18/h5-6H,1-4H3,(H,17,18). The van der Waals surface area contributed by atoms with Crippen molar-refractivity contribution in [2.75, 3.05) is 7.05 Å². The van der Waals surface area contributed by atoms with Gasteiger partial charge < -0.3 is 10.0 Å². The number of carbonyl (C=O) groups excluding carboxylic acids is 1. The van der Waals surface area contributed by atoms with Crippen LogP contribution in [0.4, 0.5) is 5.69 Å². The van der Waals surface area contributed by atoms with Crippen LogP contribution in [0.3, 0.4) is 0 Å². The molecule has 1 rings (SSSR count). The monoisotopic (exact) mass is 281 g/mol. The number of rotatable bonds is 4. The van der Waals surface area contributed by atoms with Crippen LogP contribution >= 0.6 is 0 Å². The van der Waals surface area contributed by atoms with Gasteiger partial charge in [0.05, 0.1) is 16.2 Å². The van der Waals surface area contributed by atoms with E-state index in [-0.39, 0.29) is 11.3 Å². The Morgan fingerprint density at radius 1 is 1.45 bits per heavy atom. The number of hydrogen-bond acceptors (Lipinski definition) is 5. The molecule has 1 heterocycles. The van der Waals surface area contributed by atoms with E-state index in [0.29, 0.717) is 5.69 Å². The van der Waals surface area contributed by atoms with E-state index in [1.54, 1.807) is 0 Å². The fourth-order valence-corrected chi connectivity index (χ4v) is 1.42. The van der Waals surface area contributed by atoms with Crippen LogP contribution in [0.5, 0.6) is 0 Å². The van der Waals surface area contributed by atoms with E-state index in [0.717, 1.165) is 17.2 Å². The van der Waals surface area contributed by atoms with Crippen molar-refractivity contribution in [3.8, 4) is 0 Å². The van der Waals surface area contributed by atoms with Gasteiger partial charge in [-0.1, -0.05) is 0 Å². The molecular weight excluding hydrogens is 266 g/mol. The summed E-state index contributed by atoms with van der Waals surface area (Å²) < 4.78 is 0. The van der Waals surface area contributed by atoms with Crippen molar-refractivity contribution in [2.24, 2.45) is 0 Å². The number of amides is 1. The molecule has 0 saturated carbocycles. The van der Waals surface area contributed by atoms with Crippen molar-refractivity contribution < 1.29 is 19.6 Å². The van der Waals surface area contributed by atoms with Gasteiger partial charge in [0.25, 0.3) is 11.6 Å². The predicted octanol–water partition coefficient (Wildman–Crippen LogP) is 1.23. The topological polar surface area (TPSA) is 114 Å². The molecule has 0 aromatic carbocycles. The number of aliphatic carboxylic acids is 1. The normalized spacial score (nSPS) is 11.0. The lowest BCUT2D eigenvalue weighted by Gasteiger charge is -2.31. The first kappa shape index (κ1) is 15.5. The molecule has 108 valence electrons. The summed E-state index contributed by atoms with van der Waals surface area (Å²) in [6.45, 7) is 4.26. The molecule has 1 aromatic heterocycles. The number of aromatic nitrogens is 1. The summed E-state index contributed by atoms with van der Waals surface area (Å²) in [5.74, 6) is -1.81. The highest BCUT2D eigenvalue weighted by atomic mass is 16.6. The van der Waals surface area contributed by atoms with Crippen molar-refractivity contribution >= 4 is 17.6 Å². The second-order valence-corrected chi connectivity index (χ2v) is 4.81. The Morgan fingerprint density at radius 2 is 2.00 bits per heavy atom. The van der Waals surface area contributed by atoms with E-state index in [1.807, 2.05) is 0 Å². The van der Waals surface area contributed by atoms with Crippen molar-refractivity contribution in [1.82, 2.24) is 9.88 Å². The van der Waals surface area contributed by atoms with E-state index < -0.39 is 22.3 Å². The van der Waals surface area contributed by atoms with Crippen LogP contribution in [0, 0.1) is 17.0 Å². The molecule has 0 saturated heterocycles. The van der Waals surface area contributed by atoms with Gasteiger partial charge >= 0.3 is 5.97 Å². The molecule has 8 nitrogen and oxygen atoms in total. The summed E-state index contributed by atoms with van der Waals surface area (Å²) in [5.41, 5.74) is -1.45. The summed E-state index contributed by atoms with van der Waals surface area (Å²) in [6, 6.07) is 1.10. The van der Waals surface area contributed by atoms with Crippen molar-refractivity contribution in [3.05, 3.63) is 33.6 Å². The molecule has 1 N–H and O–H groups in total. The zero-order chi connectivity index (χ0) is 15.7. The third-order valence-corrected chi connectivity index (χ3v) is 3.18. The maximum absolute atomic E-state index is 12.3. The van der Waals surface area contributed by atoms with Gasteiger partial charge in [-0.3, -0.25) is 19.9 Å². The second-order valence-electron chi connectivity index (χ2n) is 4.81. The SMILES string of the molecule is Cc1ncc([N+](=O)[O-])cc1C(=O)N(C)C(C)(C)C(=O)O. The molecule has 8 heteroatoms. The Labute approximate surface area is 115 Å². The average molecular weight is 281 g/mol. The molecule has 1 amide bonds. The summed E-state index contributed by atoms with van der Waals surface area (Å²) in [4.78, 5) is 38.3. The van der Waals surface area contributed by atoms with Gasteiger partial charge in [0.1, 0.15) is 11.7 Å². The number of pyridine rings is 1. The molecule has 0 fully saturated rings. The first-order valence-electron chi connectivity index (χ1n) is 5.71. The van der Waals surface area contributed by atoms with Gasteiger partial charge in [-0.25, -0.2) is 4.79 Å². The number of nitrogens with zero attached hydrogens (tertiary/aromatic N) is 3. The zero-order valence-corrected chi connectivity index (χ0v) is 11.6. The number of carbonyl (C=O) groups is 2. The minimum absolute atomic E-state index is 0.0102. The third-order valence-electron chi connectivity index (χ3n) is 3.18. The van der Waals surface area contributed by atoms with E-state index in [1.165, 1.54) is 27.8 Å². The number of carboxylic acids is 1. The molecule has 1 aromatic rings. The minimum atomic E-state index is -1.44. The van der Waals surface area contributed by atoms with Gasteiger partial charge in [-0.15, -0.1) is 0 Å². The molecule has 0 aliphatic carbocycles. The van der Waals surface area contributed by atoms with Gasteiger partial charge in [-0.2, -0.15) is 0 Å². The van der Waals surface area contributed by atoms with Crippen molar-refractivity contribution in [3.63, 3.8) is 0 Å². The van der Waals surface area contributed by atoms with Crippen LogP contribution in [-0.4, -0.2) is 44.4 Å². The molecule has 0 aliphatic rings. The number of aryl methyl sites for hydroxylation is 1. The molecule has 0 spiro atoms. The lowest BCUT2D eigenvalue weighted by Crippen LogP contribution is -2.50. The van der Waals surface area contributed by atoms with Gasteiger partial charge in [0, 0.05) is 13.1 Å². The zero-order valence-electron chi connectivity index (χ0n) is 11.6. The largest absolute Gasteiger partial charge is 0.480 e. The number of carboxylic acid groups (broad SMARTS) is 1. The van der Waals surface area contributed by atoms with E-state index in [9.17, 15) is 19.7 Å². The van der Waals surface area contributed by atoms with Crippen LogP contribution in [0.2, 0.25) is 0 Å². The highest BCUT2D eigenvalue weighted by Gasteiger charge is 2.36. The number of hydrogen-bond donors (Lipinski definition) is 1. The van der Waals surface area contributed by atoms with Gasteiger partial charge in [-0.05, 0) is 20.8 Å². The molecule has 0 atom stereocenters. The maximum atomic E-state index is 12.3. The predicted molar refractivity (Wildman–Crippen MR) is 69.4 cm³/mol. The smallest absolute Gasteiger partial charge is 0.329 e. The molecular formula is C12H15N3O5. The van der Waals surface area contributed by atoms with Gasteiger partial charge in [0.2, 0.25) is 0 Å². The minimum Gasteiger partial charge on any atom is -0.480 e. The van der Waals surface area contributed by atoms with Crippen molar-refractivity contribution in [1.29, 1.82) is 0 Å². The third kappa shape index (κ3) is 2.73. The Morgan fingerprint density at radius 3 is 2.45 bits per heavy atom. The first-order valence-corrected chi connectivity index (χ1v) is 5.71. The summed E-state index contributed by atoms with van der Waals surface area (Å²) in [5, 5.41) is 19.8. The van der Waals surface area contributed by atoms with Crippen LogP contribution < -0.4 is 0 Å². The highest BCUT2D eigenvalue weighted by Crippen LogP contribution is 2.20. The highest BCUT2D eigenvalue weighted by molar-refractivity contribution is 5.98. The number of likely N-dealkylation sites (N-methyl/N-ethyl adjacent to an activating group) is 1. The second kappa shape index (κ2) is 5.24. The molecule has 0 radical (unpaired) electrons. The summed E-state index contributed by atoms with van der Waals surface area (Å²) >= 11 is 0. The Balaban J connectivity index is 3.24. The molecule has 0 aliphatic heterocycles. The Kier molecular flexibility index (Phi) is 4.07. The van der Waals surface area contributed by atoms with Gasteiger partial charge in [0.15, 0.2) is 0 Å². The Bertz CT molecular complexity index is 582. The quantitative estimate of drug-likeness (QED) is 0.656. The van der Waals surface area contributed by atoms with E-state index in [4.69, 9.17) is 5.11 Å². The van der Waals surface area contributed by atoms with Crippen LogP contribution in [0.1, 0.15) is 29.9 Å². The molecule has 0 unspecified atom stereocenters. The number of nitro groups is 1. The molecule has 0 bridgehead atoms. The van der Waals surface area contributed by atoms with Crippen LogP contribution in [0.15, 0.2) is 12.3 Å². The van der Waals surface area contributed by atoms with E-state index >= 15 is 0 Å².